The molecule has 0 bridgehead atoms. The molecule has 1 fully saturated rings. The molecular weight excluding hydrogens is 375 g/mol. The van der Waals surface area contributed by atoms with Crippen LogP contribution in [0.2, 0.25) is 0 Å². The third kappa shape index (κ3) is 4.99. The summed E-state index contributed by atoms with van der Waals surface area (Å²) in [5, 5.41) is 0. The van der Waals surface area contributed by atoms with Crippen molar-refractivity contribution in [2.75, 3.05) is 38.6 Å². The molecule has 27 heavy (non-hydrogen) atoms. The monoisotopic (exact) mass is 406 g/mol. The summed E-state index contributed by atoms with van der Waals surface area (Å²) in [4.78, 5) is 4.92. The molecule has 4 heteroatoms. The molecule has 2 unspecified atom stereocenters. The quantitative estimate of drug-likeness (QED) is 0.660. The van der Waals surface area contributed by atoms with Crippen molar-refractivity contribution < 1.29 is 0 Å². The van der Waals surface area contributed by atoms with Gasteiger partial charge in [-0.1, -0.05) is 36.4 Å². The number of nitrogens with zero attached hydrogens (tertiary/aromatic N) is 2. The van der Waals surface area contributed by atoms with Gasteiger partial charge in [-0.15, -0.1) is 24.8 Å². The molecule has 2 atom stereocenters. The smallest absolute Gasteiger partial charge is 0.0363 e. The summed E-state index contributed by atoms with van der Waals surface area (Å²) in [5.41, 5.74) is 6.05. The number of likely N-dealkylation sites (tertiary alicyclic amines) is 1. The maximum atomic E-state index is 2.71. The number of fused-ring (bicyclic) bond motifs is 1. The highest BCUT2D eigenvalue weighted by Gasteiger charge is 2.28. The van der Waals surface area contributed by atoms with Crippen LogP contribution >= 0.6 is 24.8 Å². The molecule has 1 saturated heterocycles. The van der Waals surface area contributed by atoms with E-state index in [1.54, 1.807) is 11.1 Å². The Morgan fingerprint density at radius 3 is 2.52 bits per heavy atom. The summed E-state index contributed by atoms with van der Waals surface area (Å²) < 4.78 is 0. The van der Waals surface area contributed by atoms with Crippen LogP contribution in [0.15, 0.2) is 48.5 Å². The van der Waals surface area contributed by atoms with Crippen LogP contribution < -0.4 is 4.90 Å². The molecule has 2 nitrogen and oxygen atoms in total. The number of anilines is 1. The van der Waals surface area contributed by atoms with Crippen molar-refractivity contribution in [2.45, 2.75) is 37.5 Å². The molecule has 2 aromatic carbocycles. The molecule has 2 aromatic rings. The van der Waals surface area contributed by atoms with Gasteiger partial charge < -0.3 is 9.80 Å². The van der Waals surface area contributed by atoms with Crippen LogP contribution in [0.25, 0.3) is 0 Å². The predicted molar refractivity (Wildman–Crippen MR) is 121 cm³/mol. The summed E-state index contributed by atoms with van der Waals surface area (Å²) in [5.74, 6) is 1.44. The lowest BCUT2D eigenvalue weighted by atomic mass is 9.82. The van der Waals surface area contributed by atoms with Gasteiger partial charge in [0.2, 0.25) is 0 Å². The Hall–Kier alpha value is -1.22. The van der Waals surface area contributed by atoms with Crippen molar-refractivity contribution in [3.8, 4) is 0 Å². The standard InChI is InChI=1S/C23H30N2.2ClH/c1-24(2)22-11-12-23-19(15-22)9-6-10-21(23)17-25-14-13-20(16-25)18-7-4-3-5-8-18;;/h3-5,7-8,11-12,15,20-21H,6,9-10,13-14,16-17H2,1-2H3;2*1H. The number of benzene rings is 2. The second kappa shape index (κ2) is 9.82. The molecule has 0 spiro atoms. The Morgan fingerprint density at radius 2 is 1.78 bits per heavy atom. The molecule has 0 amide bonds. The summed E-state index contributed by atoms with van der Waals surface area (Å²) in [6.45, 7) is 3.71. The van der Waals surface area contributed by atoms with E-state index in [-0.39, 0.29) is 24.8 Å². The maximum absolute atomic E-state index is 2.71. The van der Waals surface area contributed by atoms with Gasteiger partial charge in [0.1, 0.15) is 0 Å². The molecule has 0 aromatic heterocycles. The number of hydrogen-bond donors (Lipinski definition) is 0. The summed E-state index contributed by atoms with van der Waals surface area (Å²) in [6, 6.07) is 18.2. The SMILES string of the molecule is CN(C)c1ccc2c(c1)CCCC2CN1CCC(c2ccccc2)C1.Cl.Cl. The third-order valence-corrected chi connectivity index (χ3v) is 6.10. The van der Waals surface area contributed by atoms with Crippen molar-refractivity contribution in [3.05, 3.63) is 65.2 Å². The Labute approximate surface area is 176 Å². The van der Waals surface area contributed by atoms with E-state index >= 15 is 0 Å². The van der Waals surface area contributed by atoms with Gasteiger partial charge in [0.15, 0.2) is 0 Å². The van der Waals surface area contributed by atoms with Gasteiger partial charge in [-0.3, -0.25) is 0 Å². The summed E-state index contributed by atoms with van der Waals surface area (Å²) >= 11 is 0. The Bertz CT molecular complexity index is 718. The van der Waals surface area contributed by atoms with E-state index in [1.165, 1.54) is 56.6 Å². The summed E-state index contributed by atoms with van der Waals surface area (Å²) in [7, 11) is 4.27. The van der Waals surface area contributed by atoms with Gasteiger partial charge in [-0.25, -0.2) is 0 Å². The van der Waals surface area contributed by atoms with Gasteiger partial charge >= 0.3 is 0 Å². The highest BCUT2D eigenvalue weighted by atomic mass is 35.5. The number of hydrogen-bond acceptors (Lipinski definition) is 2. The number of rotatable bonds is 4. The first kappa shape index (κ1) is 22.1. The van der Waals surface area contributed by atoms with E-state index in [0.29, 0.717) is 0 Å². The molecule has 148 valence electrons. The van der Waals surface area contributed by atoms with Gasteiger partial charge in [0.25, 0.3) is 0 Å². The Kier molecular flexibility index (Phi) is 8.03. The minimum atomic E-state index is 0. The fraction of sp³-hybridized carbons (Fsp3) is 0.478. The normalized spacial score (nSPS) is 21.7. The molecule has 1 aliphatic heterocycles. The first-order valence-electron chi connectivity index (χ1n) is 9.78. The average molecular weight is 407 g/mol. The van der Waals surface area contributed by atoms with Crippen LogP contribution in [-0.4, -0.2) is 38.6 Å². The molecule has 2 aliphatic rings. The van der Waals surface area contributed by atoms with Crippen molar-refractivity contribution >= 4 is 30.5 Å². The Morgan fingerprint density at radius 1 is 1.00 bits per heavy atom. The molecular formula is C23H32Cl2N2. The second-order valence-corrected chi connectivity index (χ2v) is 8.02. The highest BCUT2D eigenvalue weighted by molar-refractivity contribution is 5.85. The second-order valence-electron chi connectivity index (χ2n) is 8.02. The molecule has 0 N–H and O–H groups in total. The molecule has 1 aliphatic carbocycles. The van der Waals surface area contributed by atoms with Crippen LogP contribution in [0, 0.1) is 0 Å². The van der Waals surface area contributed by atoms with E-state index in [0.717, 1.165) is 11.8 Å². The zero-order valence-electron chi connectivity index (χ0n) is 16.4. The lowest BCUT2D eigenvalue weighted by Gasteiger charge is -2.30. The zero-order valence-corrected chi connectivity index (χ0v) is 18.1. The van der Waals surface area contributed by atoms with Crippen LogP contribution in [0.3, 0.4) is 0 Å². The fourth-order valence-corrected chi connectivity index (χ4v) is 4.68. The van der Waals surface area contributed by atoms with E-state index in [2.05, 4.69) is 72.4 Å². The fourth-order valence-electron chi connectivity index (χ4n) is 4.68. The predicted octanol–water partition coefficient (Wildman–Crippen LogP) is 5.51. The van der Waals surface area contributed by atoms with E-state index in [9.17, 15) is 0 Å². The van der Waals surface area contributed by atoms with Gasteiger partial charge in [0, 0.05) is 32.9 Å². The van der Waals surface area contributed by atoms with Crippen molar-refractivity contribution in [1.29, 1.82) is 0 Å². The van der Waals surface area contributed by atoms with Gasteiger partial charge in [0.05, 0.1) is 0 Å². The van der Waals surface area contributed by atoms with Crippen LogP contribution in [0.4, 0.5) is 5.69 Å². The van der Waals surface area contributed by atoms with Crippen molar-refractivity contribution in [1.82, 2.24) is 4.90 Å². The van der Waals surface area contributed by atoms with E-state index in [1.807, 2.05) is 0 Å². The lowest BCUT2D eigenvalue weighted by Crippen LogP contribution is -2.28. The highest BCUT2D eigenvalue weighted by Crippen LogP contribution is 2.36. The van der Waals surface area contributed by atoms with Crippen LogP contribution in [0.5, 0.6) is 0 Å². The minimum Gasteiger partial charge on any atom is -0.378 e. The molecule has 1 heterocycles. The van der Waals surface area contributed by atoms with Crippen molar-refractivity contribution in [3.63, 3.8) is 0 Å². The molecule has 4 rings (SSSR count). The van der Waals surface area contributed by atoms with Crippen LogP contribution in [0.1, 0.15) is 47.8 Å². The van der Waals surface area contributed by atoms with Crippen molar-refractivity contribution in [2.24, 2.45) is 0 Å². The molecule has 0 radical (unpaired) electrons. The maximum Gasteiger partial charge on any atom is 0.0363 e. The largest absolute Gasteiger partial charge is 0.378 e. The number of aryl methyl sites for hydroxylation is 1. The lowest BCUT2D eigenvalue weighted by molar-refractivity contribution is 0.297. The first-order chi connectivity index (χ1) is 12.2. The van der Waals surface area contributed by atoms with Gasteiger partial charge in [-0.2, -0.15) is 0 Å². The van der Waals surface area contributed by atoms with E-state index < -0.39 is 0 Å². The van der Waals surface area contributed by atoms with Gasteiger partial charge in [-0.05, 0) is 72.9 Å². The zero-order chi connectivity index (χ0) is 17.2. The average Bonchev–Trinajstić information content (AvgIpc) is 3.11. The third-order valence-electron chi connectivity index (χ3n) is 6.10. The summed E-state index contributed by atoms with van der Waals surface area (Å²) in [6.07, 6.45) is 5.24. The van der Waals surface area contributed by atoms with E-state index in [4.69, 9.17) is 0 Å². The molecule has 0 saturated carbocycles. The number of halogens is 2. The minimum absolute atomic E-state index is 0. The Balaban J connectivity index is 0.00000131. The van der Waals surface area contributed by atoms with Crippen LogP contribution in [-0.2, 0) is 6.42 Å². The topological polar surface area (TPSA) is 6.48 Å². The first-order valence-corrected chi connectivity index (χ1v) is 9.78.